The van der Waals surface area contributed by atoms with Gasteiger partial charge in [0.05, 0.1) is 5.54 Å². The molecule has 140 valence electrons. The number of amides is 1. The van der Waals surface area contributed by atoms with E-state index in [2.05, 4.69) is 15.3 Å². The predicted molar refractivity (Wildman–Crippen MR) is 95.4 cm³/mol. The Morgan fingerprint density at radius 3 is 2.54 bits per heavy atom. The number of aromatic nitrogens is 2. The Kier molecular flexibility index (Phi) is 5.76. The summed E-state index contributed by atoms with van der Waals surface area (Å²) in [6.45, 7) is 6.47. The summed E-state index contributed by atoms with van der Waals surface area (Å²) in [6.07, 6.45) is 0. The number of benzene rings is 1. The quantitative estimate of drug-likeness (QED) is 0.727. The summed E-state index contributed by atoms with van der Waals surface area (Å²) in [5.41, 5.74) is -1.09. The van der Waals surface area contributed by atoms with E-state index in [0.29, 0.717) is 12.1 Å². The van der Waals surface area contributed by atoms with Crippen molar-refractivity contribution in [3.63, 3.8) is 0 Å². The van der Waals surface area contributed by atoms with Gasteiger partial charge in [-0.25, -0.2) is 9.37 Å². The summed E-state index contributed by atoms with van der Waals surface area (Å²) in [5.74, 6) is -1.52. The van der Waals surface area contributed by atoms with Gasteiger partial charge in [-0.15, -0.1) is 0 Å². The third-order valence-corrected chi connectivity index (χ3v) is 4.48. The van der Waals surface area contributed by atoms with E-state index in [1.807, 2.05) is 32.7 Å². The molecule has 0 saturated heterocycles. The molecule has 0 bridgehead atoms. The number of carbonyl (C=O) groups excluding carboxylic acids is 1. The van der Waals surface area contributed by atoms with Crippen molar-refractivity contribution in [1.29, 1.82) is 0 Å². The van der Waals surface area contributed by atoms with Crippen LogP contribution in [0.2, 0.25) is 0 Å². The van der Waals surface area contributed by atoms with E-state index in [0.717, 1.165) is 0 Å². The summed E-state index contributed by atoms with van der Waals surface area (Å²) in [5, 5.41) is 12.5. The van der Waals surface area contributed by atoms with Crippen molar-refractivity contribution in [2.24, 2.45) is 0 Å². The maximum atomic E-state index is 12.9. The predicted octanol–water partition coefficient (Wildman–Crippen LogP) is 1.73. The van der Waals surface area contributed by atoms with Crippen molar-refractivity contribution in [1.82, 2.24) is 20.2 Å². The number of rotatable bonds is 6. The molecule has 8 heteroatoms. The lowest BCUT2D eigenvalue weighted by molar-refractivity contribution is 0.0939. The van der Waals surface area contributed by atoms with E-state index in [9.17, 15) is 19.1 Å². The van der Waals surface area contributed by atoms with Gasteiger partial charge in [0.2, 0.25) is 5.75 Å². The third-order valence-electron chi connectivity index (χ3n) is 4.48. The van der Waals surface area contributed by atoms with Crippen molar-refractivity contribution < 1.29 is 14.3 Å². The molecule has 1 aromatic heterocycles. The molecule has 0 atom stereocenters. The molecule has 0 aliphatic carbocycles. The average Bonchev–Trinajstić information content (AvgIpc) is 2.62. The number of aromatic hydroxyl groups is 1. The highest BCUT2D eigenvalue weighted by Crippen LogP contribution is 2.23. The molecular formula is C18H23FN4O3. The second-order valence-corrected chi connectivity index (χ2v) is 6.49. The lowest BCUT2D eigenvalue weighted by atomic mass is 10.0. The number of nitrogens with zero attached hydrogens (tertiary/aromatic N) is 2. The number of nitrogens with one attached hydrogen (secondary N) is 2. The third kappa shape index (κ3) is 4.08. The molecule has 2 aromatic rings. The minimum atomic E-state index is -0.778. The molecule has 0 unspecified atom stereocenters. The molecule has 0 radical (unpaired) electrons. The van der Waals surface area contributed by atoms with E-state index >= 15 is 0 Å². The van der Waals surface area contributed by atoms with Crippen LogP contribution >= 0.6 is 0 Å². The van der Waals surface area contributed by atoms with E-state index < -0.39 is 22.8 Å². The second kappa shape index (κ2) is 7.65. The number of hydrogen-bond donors (Lipinski definition) is 3. The van der Waals surface area contributed by atoms with Crippen molar-refractivity contribution >= 4 is 5.91 Å². The molecule has 7 nitrogen and oxygen atoms in total. The highest BCUT2D eigenvalue weighted by atomic mass is 19.1. The first-order chi connectivity index (χ1) is 12.2. The number of H-pyrrole nitrogens is 1. The molecule has 3 N–H and O–H groups in total. The molecule has 0 spiro atoms. The largest absolute Gasteiger partial charge is 0.501 e. The van der Waals surface area contributed by atoms with Gasteiger partial charge in [0, 0.05) is 6.54 Å². The van der Waals surface area contributed by atoms with Gasteiger partial charge in [0.15, 0.2) is 5.69 Å². The van der Waals surface area contributed by atoms with Gasteiger partial charge in [0.1, 0.15) is 11.6 Å². The van der Waals surface area contributed by atoms with Crippen LogP contribution in [0, 0.1) is 5.82 Å². The molecule has 0 fully saturated rings. The molecule has 26 heavy (non-hydrogen) atoms. The minimum absolute atomic E-state index is 0.112. The highest BCUT2D eigenvalue weighted by Gasteiger charge is 2.30. The molecule has 1 aromatic carbocycles. The number of halogens is 1. The Morgan fingerprint density at radius 1 is 1.35 bits per heavy atom. The lowest BCUT2D eigenvalue weighted by Crippen LogP contribution is -2.41. The highest BCUT2D eigenvalue weighted by molar-refractivity contribution is 5.94. The van der Waals surface area contributed by atoms with E-state index in [1.165, 1.54) is 24.3 Å². The molecule has 2 rings (SSSR count). The Morgan fingerprint density at radius 2 is 1.96 bits per heavy atom. The van der Waals surface area contributed by atoms with Gasteiger partial charge in [-0.2, -0.15) is 0 Å². The van der Waals surface area contributed by atoms with Crippen molar-refractivity contribution in [3.05, 3.63) is 57.5 Å². The van der Waals surface area contributed by atoms with Crippen LogP contribution in [0.25, 0.3) is 0 Å². The Bertz CT molecular complexity index is 847. The van der Waals surface area contributed by atoms with Gasteiger partial charge in [-0.3, -0.25) is 14.5 Å². The van der Waals surface area contributed by atoms with Crippen LogP contribution in [-0.2, 0) is 12.1 Å². The van der Waals surface area contributed by atoms with Crippen LogP contribution in [0.4, 0.5) is 4.39 Å². The standard InChI is InChI=1S/C18H23FN4O3/c1-5-23(4)18(2,3)17-21-13(14(24)16(26)22-17)15(25)20-10-11-6-8-12(19)9-7-11/h6-9,24H,5,10H2,1-4H3,(H,20,25)(H,21,22,26). The van der Waals surface area contributed by atoms with Crippen molar-refractivity contribution in [2.75, 3.05) is 13.6 Å². The normalized spacial score (nSPS) is 11.6. The number of carbonyl (C=O) groups is 1. The summed E-state index contributed by atoms with van der Waals surface area (Å²) in [4.78, 5) is 33.1. The van der Waals surface area contributed by atoms with Gasteiger partial charge < -0.3 is 15.4 Å². The molecule has 0 aliphatic heterocycles. The van der Waals surface area contributed by atoms with Crippen LogP contribution < -0.4 is 10.9 Å². The number of hydrogen-bond acceptors (Lipinski definition) is 5. The Labute approximate surface area is 150 Å². The molecule has 0 aliphatic rings. The van der Waals surface area contributed by atoms with Gasteiger partial charge in [0.25, 0.3) is 11.5 Å². The fourth-order valence-electron chi connectivity index (χ4n) is 2.36. The van der Waals surface area contributed by atoms with Crippen molar-refractivity contribution in [2.45, 2.75) is 32.9 Å². The zero-order valence-electron chi connectivity index (χ0n) is 15.3. The first kappa shape index (κ1) is 19.6. The van der Waals surface area contributed by atoms with E-state index in [4.69, 9.17) is 0 Å². The molecular weight excluding hydrogens is 339 g/mol. The van der Waals surface area contributed by atoms with Crippen LogP contribution in [0.5, 0.6) is 5.75 Å². The van der Waals surface area contributed by atoms with Crippen LogP contribution in [0.1, 0.15) is 42.6 Å². The lowest BCUT2D eigenvalue weighted by Gasteiger charge is -2.33. The SMILES string of the molecule is CCN(C)C(C)(C)c1nc(C(=O)NCc2ccc(F)cc2)c(O)c(=O)[nH]1. The van der Waals surface area contributed by atoms with Crippen molar-refractivity contribution in [3.8, 4) is 5.75 Å². The van der Waals surface area contributed by atoms with E-state index in [1.54, 1.807) is 0 Å². The topological polar surface area (TPSA) is 98.3 Å². The second-order valence-electron chi connectivity index (χ2n) is 6.49. The average molecular weight is 362 g/mol. The zero-order chi connectivity index (χ0) is 19.5. The molecule has 0 saturated carbocycles. The summed E-state index contributed by atoms with van der Waals surface area (Å²) in [6, 6.07) is 5.63. The summed E-state index contributed by atoms with van der Waals surface area (Å²) >= 11 is 0. The Hall–Kier alpha value is -2.74. The molecule has 1 amide bonds. The monoisotopic (exact) mass is 362 g/mol. The van der Waals surface area contributed by atoms with Gasteiger partial charge >= 0.3 is 0 Å². The van der Waals surface area contributed by atoms with E-state index in [-0.39, 0.29) is 23.9 Å². The maximum Gasteiger partial charge on any atom is 0.293 e. The smallest absolute Gasteiger partial charge is 0.293 e. The van der Waals surface area contributed by atoms with Gasteiger partial charge in [-0.1, -0.05) is 19.1 Å². The first-order valence-corrected chi connectivity index (χ1v) is 8.24. The maximum absolute atomic E-state index is 12.9. The van der Waals surface area contributed by atoms with Gasteiger partial charge in [-0.05, 0) is 45.1 Å². The van der Waals surface area contributed by atoms with Crippen LogP contribution in [-0.4, -0.2) is 39.5 Å². The fraction of sp³-hybridized carbons (Fsp3) is 0.389. The van der Waals surface area contributed by atoms with Crippen LogP contribution in [0.15, 0.2) is 29.1 Å². The zero-order valence-corrected chi connectivity index (χ0v) is 15.3. The summed E-state index contributed by atoms with van der Waals surface area (Å²) in [7, 11) is 1.86. The Balaban J connectivity index is 2.28. The number of aromatic amines is 1. The first-order valence-electron chi connectivity index (χ1n) is 8.24. The molecule has 1 heterocycles. The summed E-state index contributed by atoms with van der Waals surface area (Å²) < 4.78 is 12.9. The van der Waals surface area contributed by atoms with Crippen LogP contribution in [0.3, 0.4) is 0 Å². The minimum Gasteiger partial charge on any atom is -0.501 e. The fourth-order valence-corrected chi connectivity index (χ4v) is 2.36.